The second-order valence-electron chi connectivity index (χ2n) is 4.19. The molecule has 0 aliphatic carbocycles. The van der Waals surface area contributed by atoms with Crippen LogP contribution < -0.4 is 10.5 Å². The van der Waals surface area contributed by atoms with Gasteiger partial charge in [0, 0.05) is 18.1 Å². The molecule has 0 bridgehead atoms. The number of nitrogens with two attached hydrogens (primary N) is 1. The molecule has 7 heteroatoms. The number of hydrogen-bond donors (Lipinski definition) is 2. The zero-order chi connectivity index (χ0) is 14.0. The summed E-state index contributed by atoms with van der Waals surface area (Å²) in [6.45, 7) is 3.66. The Hall–Kier alpha value is -2.15. The highest BCUT2D eigenvalue weighted by Gasteiger charge is 2.18. The molecule has 0 atom stereocenters. The lowest BCUT2D eigenvalue weighted by molar-refractivity contribution is 0.601. The minimum Gasteiger partial charge on any atom is -0.398 e. The quantitative estimate of drug-likeness (QED) is 0.886. The number of aryl methyl sites for hydroxylation is 2. The molecule has 0 radical (unpaired) electrons. The second-order valence-corrected chi connectivity index (χ2v) is 5.84. The van der Waals surface area contributed by atoms with Crippen molar-refractivity contribution in [3.05, 3.63) is 41.9 Å². The molecule has 2 aromatic rings. The molecule has 19 heavy (non-hydrogen) atoms. The van der Waals surface area contributed by atoms with Crippen molar-refractivity contribution in [3.63, 3.8) is 0 Å². The van der Waals surface area contributed by atoms with Crippen molar-refractivity contribution in [3.8, 4) is 0 Å². The van der Waals surface area contributed by atoms with Gasteiger partial charge in [0.2, 0.25) is 0 Å². The van der Waals surface area contributed by atoms with Gasteiger partial charge in [-0.1, -0.05) is 0 Å². The van der Waals surface area contributed by atoms with Gasteiger partial charge in [0.1, 0.15) is 10.7 Å². The number of nitrogen functional groups attached to an aromatic ring is 1. The van der Waals surface area contributed by atoms with Gasteiger partial charge in [-0.25, -0.2) is 13.4 Å². The minimum absolute atomic E-state index is 0.0593. The zero-order valence-electron chi connectivity index (χ0n) is 10.6. The maximum absolute atomic E-state index is 12.2. The van der Waals surface area contributed by atoms with Gasteiger partial charge in [-0.3, -0.25) is 9.71 Å². The van der Waals surface area contributed by atoms with Crippen LogP contribution in [0.1, 0.15) is 11.3 Å². The van der Waals surface area contributed by atoms with Gasteiger partial charge in [0.05, 0.1) is 5.69 Å². The third-order valence-corrected chi connectivity index (χ3v) is 3.84. The van der Waals surface area contributed by atoms with E-state index in [1.807, 2.05) is 13.0 Å². The van der Waals surface area contributed by atoms with Crippen LogP contribution >= 0.6 is 0 Å². The predicted octanol–water partition coefficient (Wildman–Crippen LogP) is 1.48. The van der Waals surface area contributed by atoms with Crippen molar-refractivity contribution in [2.24, 2.45) is 0 Å². The molecule has 0 saturated heterocycles. The summed E-state index contributed by atoms with van der Waals surface area (Å²) in [5, 5.41) is 0. The van der Waals surface area contributed by atoms with Crippen LogP contribution in [0.2, 0.25) is 0 Å². The smallest absolute Gasteiger partial charge is 0.266 e. The maximum Gasteiger partial charge on any atom is 0.266 e. The first kappa shape index (κ1) is 13.3. The molecule has 0 fully saturated rings. The van der Waals surface area contributed by atoms with Crippen LogP contribution in [0.3, 0.4) is 0 Å². The lowest BCUT2D eigenvalue weighted by atomic mass is 10.2. The summed E-state index contributed by atoms with van der Waals surface area (Å²) in [7, 11) is -3.78. The summed E-state index contributed by atoms with van der Waals surface area (Å²) in [5.41, 5.74) is 7.44. The van der Waals surface area contributed by atoms with Gasteiger partial charge < -0.3 is 5.73 Å². The first-order chi connectivity index (χ1) is 8.88. The minimum atomic E-state index is -3.78. The van der Waals surface area contributed by atoms with E-state index in [-0.39, 0.29) is 16.4 Å². The third-order valence-electron chi connectivity index (χ3n) is 2.44. The number of pyridine rings is 2. The average molecular weight is 278 g/mol. The van der Waals surface area contributed by atoms with Crippen LogP contribution in [0.5, 0.6) is 0 Å². The standard InChI is InChI=1S/C12H14N4O2S/c1-8-5-9(2)15-12(6-8)16-19(17,18)11-7-14-4-3-10(11)13/h3-7H,1-2H3,(H2,13,14)(H,15,16). The monoisotopic (exact) mass is 278 g/mol. The van der Waals surface area contributed by atoms with Crippen LogP contribution in [0, 0.1) is 13.8 Å². The summed E-state index contributed by atoms with van der Waals surface area (Å²) < 4.78 is 26.7. The van der Waals surface area contributed by atoms with Crippen molar-refractivity contribution >= 4 is 21.5 Å². The molecule has 0 aromatic carbocycles. The summed E-state index contributed by atoms with van der Waals surface area (Å²) in [4.78, 5) is 7.83. The van der Waals surface area contributed by atoms with Gasteiger partial charge in [-0.05, 0) is 37.6 Å². The van der Waals surface area contributed by atoms with E-state index in [2.05, 4.69) is 14.7 Å². The Balaban J connectivity index is 2.39. The molecule has 2 heterocycles. The van der Waals surface area contributed by atoms with Gasteiger partial charge in [0.25, 0.3) is 10.0 Å². The molecular weight excluding hydrogens is 264 g/mol. The Morgan fingerprint density at radius 1 is 1.26 bits per heavy atom. The normalized spacial score (nSPS) is 11.3. The summed E-state index contributed by atoms with van der Waals surface area (Å²) in [6.07, 6.45) is 2.64. The van der Waals surface area contributed by atoms with Crippen molar-refractivity contribution < 1.29 is 8.42 Å². The Morgan fingerprint density at radius 3 is 2.63 bits per heavy atom. The van der Waals surface area contributed by atoms with Gasteiger partial charge in [-0.2, -0.15) is 0 Å². The van der Waals surface area contributed by atoms with Crippen LogP contribution in [0.15, 0.2) is 35.5 Å². The average Bonchev–Trinajstić information content (AvgIpc) is 2.26. The van der Waals surface area contributed by atoms with E-state index in [1.165, 1.54) is 18.5 Å². The van der Waals surface area contributed by atoms with E-state index in [0.29, 0.717) is 0 Å². The van der Waals surface area contributed by atoms with Crippen molar-refractivity contribution in [1.29, 1.82) is 0 Å². The largest absolute Gasteiger partial charge is 0.398 e. The summed E-state index contributed by atoms with van der Waals surface area (Å²) in [5.74, 6) is 0.265. The molecule has 3 N–H and O–H groups in total. The molecule has 0 aliphatic rings. The number of nitrogens with one attached hydrogen (secondary N) is 1. The van der Waals surface area contributed by atoms with Crippen molar-refractivity contribution in [2.45, 2.75) is 18.7 Å². The summed E-state index contributed by atoms with van der Waals surface area (Å²) in [6, 6.07) is 4.94. The molecule has 0 amide bonds. The second kappa shape index (κ2) is 4.85. The Bertz CT molecular complexity index is 693. The molecular formula is C12H14N4O2S. The molecule has 0 unspecified atom stereocenters. The SMILES string of the molecule is Cc1cc(C)nc(NS(=O)(=O)c2cnccc2N)c1. The Kier molecular flexibility index (Phi) is 3.39. The number of aromatic nitrogens is 2. The number of anilines is 2. The Labute approximate surface area is 111 Å². The number of rotatable bonds is 3. The maximum atomic E-state index is 12.2. The predicted molar refractivity (Wildman–Crippen MR) is 73.2 cm³/mol. The number of sulfonamides is 1. The van der Waals surface area contributed by atoms with Crippen LogP contribution in [0.4, 0.5) is 11.5 Å². The van der Waals surface area contributed by atoms with Crippen molar-refractivity contribution in [2.75, 3.05) is 10.5 Å². The highest BCUT2D eigenvalue weighted by atomic mass is 32.2. The van der Waals surface area contributed by atoms with E-state index in [4.69, 9.17) is 5.73 Å². The van der Waals surface area contributed by atoms with Crippen LogP contribution in [-0.2, 0) is 10.0 Å². The highest BCUT2D eigenvalue weighted by molar-refractivity contribution is 7.92. The summed E-state index contributed by atoms with van der Waals surface area (Å²) >= 11 is 0. The molecule has 100 valence electrons. The topological polar surface area (TPSA) is 98.0 Å². The highest BCUT2D eigenvalue weighted by Crippen LogP contribution is 2.19. The third kappa shape index (κ3) is 3.00. The fraction of sp³-hybridized carbons (Fsp3) is 0.167. The van der Waals surface area contributed by atoms with E-state index in [9.17, 15) is 8.42 Å². The molecule has 6 nitrogen and oxygen atoms in total. The zero-order valence-corrected chi connectivity index (χ0v) is 11.4. The van der Waals surface area contributed by atoms with Gasteiger partial charge in [-0.15, -0.1) is 0 Å². The van der Waals surface area contributed by atoms with E-state index in [0.717, 1.165) is 11.3 Å². The molecule has 0 saturated carbocycles. The molecule has 2 rings (SSSR count). The van der Waals surface area contributed by atoms with E-state index in [1.54, 1.807) is 13.0 Å². The lowest BCUT2D eigenvalue weighted by Crippen LogP contribution is -2.16. The lowest BCUT2D eigenvalue weighted by Gasteiger charge is -2.10. The first-order valence-corrected chi connectivity index (χ1v) is 7.04. The first-order valence-electron chi connectivity index (χ1n) is 5.56. The molecule has 2 aromatic heterocycles. The van der Waals surface area contributed by atoms with Crippen molar-refractivity contribution in [1.82, 2.24) is 9.97 Å². The molecule has 0 spiro atoms. The molecule has 0 aliphatic heterocycles. The van der Waals surface area contributed by atoms with Gasteiger partial charge in [0.15, 0.2) is 0 Å². The Morgan fingerprint density at radius 2 is 2.00 bits per heavy atom. The van der Waals surface area contributed by atoms with Crippen LogP contribution in [-0.4, -0.2) is 18.4 Å². The fourth-order valence-corrected chi connectivity index (χ4v) is 2.77. The van der Waals surface area contributed by atoms with E-state index < -0.39 is 10.0 Å². The fourth-order valence-electron chi connectivity index (χ4n) is 1.70. The van der Waals surface area contributed by atoms with Gasteiger partial charge >= 0.3 is 0 Å². The van der Waals surface area contributed by atoms with Crippen LogP contribution in [0.25, 0.3) is 0 Å². The number of nitrogens with zero attached hydrogens (tertiary/aromatic N) is 2. The number of hydrogen-bond acceptors (Lipinski definition) is 5. The van der Waals surface area contributed by atoms with E-state index >= 15 is 0 Å².